The molecule has 1 heterocycles. The van der Waals surface area contributed by atoms with Crippen molar-refractivity contribution in [1.82, 2.24) is 9.80 Å². The topological polar surface area (TPSA) is 32.8 Å². The fourth-order valence-electron chi connectivity index (χ4n) is 3.33. The van der Waals surface area contributed by atoms with E-state index in [1.54, 1.807) is 0 Å². The number of hydrogen-bond acceptors (Lipinski definition) is 3. The molecule has 1 aliphatic heterocycles. The van der Waals surface area contributed by atoms with Crippen LogP contribution in [0.4, 0.5) is 4.79 Å². The predicted molar refractivity (Wildman–Crippen MR) is 98.0 cm³/mol. The second kappa shape index (κ2) is 7.56. The van der Waals surface area contributed by atoms with E-state index in [1.165, 1.54) is 5.56 Å². The van der Waals surface area contributed by atoms with Crippen LogP contribution in [-0.2, 0) is 4.74 Å². The average Bonchev–Trinajstić information content (AvgIpc) is 2.53. The summed E-state index contributed by atoms with van der Waals surface area (Å²) in [7, 11) is 2.16. The Morgan fingerprint density at radius 1 is 1.29 bits per heavy atom. The highest BCUT2D eigenvalue weighted by molar-refractivity contribution is 5.68. The highest BCUT2D eigenvalue weighted by Gasteiger charge is 2.35. The van der Waals surface area contributed by atoms with Crippen molar-refractivity contribution in [1.29, 1.82) is 0 Å². The quantitative estimate of drug-likeness (QED) is 0.826. The van der Waals surface area contributed by atoms with Gasteiger partial charge in [-0.2, -0.15) is 0 Å². The number of carbonyl (C=O) groups excluding carboxylic acids is 1. The van der Waals surface area contributed by atoms with Gasteiger partial charge in [0.2, 0.25) is 0 Å². The van der Waals surface area contributed by atoms with Crippen molar-refractivity contribution >= 4 is 6.09 Å². The van der Waals surface area contributed by atoms with E-state index in [2.05, 4.69) is 50.1 Å². The van der Waals surface area contributed by atoms with Crippen molar-refractivity contribution in [2.45, 2.75) is 58.7 Å². The normalized spacial score (nSPS) is 23.2. The Hall–Kier alpha value is -1.55. The largest absolute Gasteiger partial charge is 0.444 e. The van der Waals surface area contributed by atoms with Gasteiger partial charge in [-0.1, -0.05) is 37.3 Å². The van der Waals surface area contributed by atoms with Gasteiger partial charge in [0.25, 0.3) is 0 Å². The van der Waals surface area contributed by atoms with Crippen molar-refractivity contribution in [3.05, 3.63) is 35.9 Å². The second-order valence-corrected chi connectivity index (χ2v) is 8.01. The maximum absolute atomic E-state index is 12.4. The molecule has 1 amide bonds. The molecule has 1 aromatic rings. The number of likely N-dealkylation sites (tertiary alicyclic amines) is 1. The Labute approximate surface area is 146 Å². The minimum absolute atomic E-state index is 0.194. The van der Waals surface area contributed by atoms with Gasteiger partial charge in [-0.25, -0.2) is 4.79 Å². The molecule has 3 atom stereocenters. The lowest BCUT2D eigenvalue weighted by Crippen LogP contribution is -2.53. The molecule has 0 unspecified atom stereocenters. The Balaban J connectivity index is 2.06. The molecule has 0 N–H and O–H groups in total. The third kappa shape index (κ3) is 4.73. The molecule has 0 aliphatic carbocycles. The fraction of sp³-hybridized carbons (Fsp3) is 0.650. The Morgan fingerprint density at radius 2 is 1.92 bits per heavy atom. The lowest BCUT2D eigenvalue weighted by atomic mass is 9.91. The molecule has 0 bridgehead atoms. The van der Waals surface area contributed by atoms with E-state index in [-0.39, 0.29) is 6.09 Å². The fourth-order valence-corrected chi connectivity index (χ4v) is 3.33. The maximum atomic E-state index is 12.4. The maximum Gasteiger partial charge on any atom is 0.410 e. The van der Waals surface area contributed by atoms with E-state index in [4.69, 9.17) is 4.74 Å². The molecule has 1 saturated heterocycles. The second-order valence-electron chi connectivity index (χ2n) is 8.01. The summed E-state index contributed by atoms with van der Waals surface area (Å²) in [5.41, 5.74) is 0.861. The monoisotopic (exact) mass is 332 g/mol. The molecule has 2 rings (SSSR count). The lowest BCUT2D eigenvalue weighted by molar-refractivity contribution is 0.000389. The Kier molecular flexibility index (Phi) is 5.92. The van der Waals surface area contributed by atoms with Gasteiger partial charge in [-0.3, -0.25) is 4.90 Å². The van der Waals surface area contributed by atoms with Crippen LogP contribution in [0, 0.1) is 5.92 Å². The molecule has 1 aliphatic rings. The van der Waals surface area contributed by atoms with E-state index in [9.17, 15) is 4.79 Å². The summed E-state index contributed by atoms with van der Waals surface area (Å²) in [5, 5.41) is 0. The van der Waals surface area contributed by atoms with Gasteiger partial charge in [-0.15, -0.1) is 0 Å². The zero-order chi connectivity index (χ0) is 17.9. The molecule has 1 fully saturated rings. The highest BCUT2D eigenvalue weighted by atomic mass is 16.6. The summed E-state index contributed by atoms with van der Waals surface area (Å²) in [6.45, 7) is 11.8. The lowest BCUT2D eigenvalue weighted by Gasteiger charge is -2.44. The van der Waals surface area contributed by atoms with Crippen LogP contribution in [0.2, 0.25) is 0 Å². The third-order valence-corrected chi connectivity index (χ3v) is 4.99. The van der Waals surface area contributed by atoms with Crippen molar-refractivity contribution in [3.8, 4) is 0 Å². The van der Waals surface area contributed by atoms with Crippen LogP contribution in [0.1, 0.15) is 52.6 Å². The standard InChI is InChI=1S/C20H32N2O2/c1-15-12-13-22(19(23)24-20(3,4)5)14-18(15)21(6)16(2)17-10-8-7-9-11-17/h7-11,15-16,18H,12-14H2,1-6H3/t15-,16+,18+/m1/s1. The smallest absolute Gasteiger partial charge is 0.410 e. The van der Waals surface area contributed by atoms with Crippen LogP contribution in [0.3, 0.4) is 0 Å². The number of nitrogens with zero attached hydrogens (tertiary/aromatic N) is 2. The number of ether oxygens (including phenoxy) is 1. The number of hydrogen-bond donors (Lipinski definition) is 0. The number of piperidine rings is 1. The number of likely N-dealkylation sites (N-methyl/N-ethyl adjacent to an activating group) is 1. The minimum atomic E-state index is -0.446. The Morgan fingerprint density at radius 3 is 2.50 bits per heavy atom. The van der Waals surface area contributed by atoms with Gasteiger partial charge >= 0.3 is 6.09 Å². The van der Waals surface area contributed by atoms with Crippen molar-refractivity contribution in [2.75, 3.05) is 20.1 Å². The first-order chi connectivity index (χ1) is 11.2. The average molecular weight is 332 g/mol. The van der Waals surface area contributed by atoms with Gasteiger partial charge in [0.05, 0.1) is 0 Å². The summed E-state index contributed by atoms with van der Waals surface area (Å²) in [4.78, 5) is 16.7. The Bertz CT molecular complexity index is 538. The molecule has 24 heavy (non-hydrogen) atoms. The minimum Gasteiger partial charge on any atom is -0.444 e. The summed E-state index contributed by atoms with van der Waals surface area (Å²) in [6, 6.07) is 11.2. The molecule has 4 nitrogen and oxygen atoms in total. The van der Waals surface area contributed by atoms with E-state index in [0.29, 0.717) is 18.0 Å². The summed E-state index contributed by atoms with van der Waals surface area (Å²) in [6.07, 6.45) is 0.815. The number of benzene rings is 1. The van der Waals surface area contributed by atoms with Crippen LogP contribution in [0.5, 0.6) is 0 Å². The first-order valence-corrected chi connectivity index (χ1v) is 8.94. The molecule has 4 heteroatoms. The van der Waals surface area contributed by atoms with Gasteiger partial charge in [0.15, 0.2) is 0 Å². The van der Waals surface area contributed by atoms with Crippen molar-refractivity contribution in [2.24, 2.45) is 5.92 Å². The van der Waals surface area contributed by atoms with Crippen LogP contribution in [-0.4, -0.2) is 47.7 Å². The SMILES string of the molecule is C[C@@H]1CCN(C(=O)OC(C)(C)C)C[C@@H]1N(C)[C@@H](C)c1ccccc1. The molecule has 0 radical (unpaired) electrons. The van der Waals surface area contributed by atoms with E-state index in [0.717, 1.165) is 19.5 Å². The molecule has 0 aromatic heterocycles. The molecule has 1 aromatic carbocycles. The van der Waals surface area contributed by atoms with Crippen LogP contribution in [0.15, 0.2) is 30.3 Å². The first kappa shape index (κ1) is 18.8. The van der Waals surface area contributed by atoms with Crippen LogP contribution < -0.4 is 0 Å². The van der Waals surface area contributed by atoms with Gasteiger partial charge in [-0.05, 0) is 52.6 Å². The number of rotatable bonds is 3. The molecule has 134 valence electrons. The van der Waals surface area contributed by atoms with Crippen molar-refractivity contribution in [3.63, 3.8) is 0 Å². The molecular weight excluding hydrogens is 300 g/mol. The predicted octanol–water partition coefficient (Wildman–Crippen LogP) is 4.32. The molecule has 0 saturated carbocycles. The van der Waals surface area contributed by atoms with Gasteiger partial charge < -0.3 is 9.64 Å². The summed E-state index contributed by atoms with van der Waals surface area (Å²) < 4.78 is 5.55. The first-order valence-electron chi connectivity index (χ1n) is 8.94. The molecule has 0 spiro atoms. The zero-order valence-electron chi connectivity index (χ0n) is 16.0. The third-order valence-electron chi connectivity index (χ3n) is 4.99. The van der Waals surface area contributed by atoms with Crippen LogP contribution >= 0.6 is 0 Å². The highest BCUT2D eigenvalue weighted by Crippen LogP contribution is 2.29. The summed E-state index contributed by atoms with van der Waals surface area (Å²) >= 11 is 0. The molecular formula is C20H32N2O2. The van der Waals surface area contributed by atoms with Gasteiger partial charge in [0, 0.05) is 25.2 Å². The van der Waals surface area contributed by atoms with Crippen molar-refractivity contribution < 1.29 is 9.53 Å². The van der Waals surface area contributed by atoms with E-state index < -0.39 is 5.60 Å². The number of carbonyl (C=O) groups is 1. The van der Waals surface area contributed by atoms with Gasteiger partial charge in [0.1, 0.15) is 5.60 Å². The summed E-state index contributed by atoms with van der Waals surface area (Å²) in [5.74, 6) is 0.555. The van der Waals surface area contributed by atoms with E-state index >= 15 is 0 Å². The van der Waals surface area contributed by atoms with Crippen LogP contribution in [0.25, 0.3) is 0 Å². The zero-order valence-corrected chi connectivity index (χ0v) is 16.0. The number of amides is 1. The van der Waals surface area contributed by atoms with E-state index in [1.807, 2.05) is 31.7 Å².